The smallest absolute Gasteiger partial charge is 0.123 e. The summed E-state index contributed by atoms with van der Waals surface area (Å²) in [6, 6.07) is 8.35. The van der Waals surface area contributed by atoms with Crippen LogP contribution in [0, 0.1) is 5.82 Å². The van der Waals surface area contributed by atoms with E-state index in [1.807, 2.05) is 24.5 Å². The van der Waals surface area contributed by atoms with Crippen LogP contribution < -0.4 is 0 Å². The first kappa shape index (κ1) is 11.3. The fraction of sp³-hybridized carbons (Fsp3) is 0.0714. The first-order valence-electron chi connectivity index (χ1n) is 5.32. The second kappa shape index (κ2) is 5.25. The molecule has 2 rings (SSSR count). The number of aliphatic imine (C=N–C) groups is 1. The number of allylic oxidation sites excluding steroid dienone is 1. The number of H-pyrrole nitrogens is 1. The normalized spacial score (nSPS) is 12.2. The summed E-state index contributed by atoms with van der Waals surface area (Å²) < 4.78 is 12.9. The molecule has 0 fully saturated rings. The average Bonchev–Trinajstić information content (AvgIpc) is 2.82. The van der Waals surface area contributed by atoms with E-state index in [1.54, 1.807) is 25.4 Å². The molecular weight excluding hydrogens is 215 g/mol. The monoisotopic (exact) mass is 228 g/mol. The zero-order chi connectivity index (χ0) is 12.1. The lowest BCUT2D eigenvalue weighted by molar-refractivity contribution is 0.627. The van der Waals surface area contributed by atoms with Crippen molar-refractivity contribution in [3.05, 3.63) is 59.7 Å². The van der Waals surface area contributed by atoms with E-state index in [2.05, 4.69) is 9.98 Å². The first-order chi connectivity index (χ1) is 8.29. The summed E-state index contributed by atoms with van der Waals surface area (Å²) in [7, 11) is 1.72. The van der Waals surface area contributed by atoms with Gasteiger partial charge in [0.2, 0.25) is 0 Å². The Hall–Kier alpha value is -2.16. The zero-order valence-corrected chi connectivity index (χ0v) is 9.52. The van der Waals surface area contributed by atoms with Crippen LogP contribution >= 0.6 is 0 Å². The molecule has 2 aromatic rings. The maximum Gasteiger partial charge on any atom is 0.123 e. The number of nitrogens with zero attached hydrogens (tertiary/aromatic N) is 1. The van der Waals surface area contributed by atoms with Crippen molar-refractivity contribution < 1.29 is 4.39 Å². The van der Waals surface area contributed by atoms with Crippen molar-refractivity contribution in [1.29, 1.82) is 0 Å². The SMILES string of the molecule is CN=C/C(=C\c1cc[nH]c1)c1ccc(F)cc1. The Morgan fingerprint density at radius 3 is 2.59 bits per heavy atom. The minimum Gasteiger partial charge on any atom is -0.367 e. The predicted octanol–water partition coefficient (Wildman–Crippen LogP) is 3.40. The largest absolute Gasteiger partial charge is 0.367 e. The second-order valence-electron chi connectivity index (χ2n) is 3.64. The minimum atomic E-state index is -0.233. The summed E-state index contributed by atoms with van der Waals surface area (Å²) in [5, 5.41) is 0. The molecule has 1 N–H and O–H groups in total. The Kier molecular flexibility index (Phi) is 3.50. The highest BCUT2D eigenvalue weighted by Crippen LogP contribution is 2.17. The van der Waals surface area contributed by atoms with Crippen LogP contribution in [-0.2, 0) is 0 Å². The molecule has 0 spiro atoms. The Bertz CT molecular complexity index is 522. The van der Waals surface area contributed by atoms with Crippen molar-refractivity contribution in [2.45, 2.75) is 0 Å². The number of aromatic amines is 1. The summed E-state index contributed by atoms with van der Waals surface area (Å²) >= 11 is 0. The molecule has 0 atom stereocenters. The van der Waals surface area contributed by atoms with E-state index in [1.165, 1.54) is 12.1 Å². The summed E-state index contributed by atoms with van der Waals surface area (Å²) in [6.45, 7) is 0. The van der Waals surface area contributed by atoms with Gasteiger partial charge in [0.15, 0.2) is 0 Å². The summed E-state index contributed by atoms with van der Waals surface area (Å²) in [4.78, 5) is 7.01. The summed E-state index contributed by atoms with van der Waals surface area (Å²) in [6.07, 6.45) is 7.52. The summed E-state index contributed by atoms with van der Waals surface area (Å²) in [5.74, 6) is -0.233. The quantitative estimate of drug-likeness (QED) is 0.780. The Balaban J connectivity index is 2.39. The Morgan fingerprint density at radius 1 is 1.24 bits per heavy atom. The molecule has 0 aliphatic heterocycles. The highest BCUT2D eigenvalue weighted by molar-refractivity contribution is 6.15. The fourth-order valence-electron chi connectivity index (χ4n) is 1.58. The van der Waals surface area contributed by atoms with Crippen LogP contribution in [0.4, 0.5) is 4.39 Å². The maximum absolute atomic E-state index is 12.9. The van der Waals surface area contributed by atoms with E-state index < -0.39 is 0 Å². The topological polar surface area (TPSA) is 28.1 Å². The standard InChI is InChI=1S/C14H13FN2/c1-16-10-13(8-11-6-7-17-9-11)12-2-4-14(15)5-3-12/h2-10,17H,1H3/b13-8+,16-10?. The molecule has 86 valence electrons. The van der Waals surface area contributed by atoms with E-state index in [0.717, 1.165) is 16.7 Å². The van der Waals surface area contributed by atoms with Gasteiger partial charge in [-0.15, -0.1) is 0 Å². The van der Waals surface area contributed by atoms with Crippen LogP contribution in [0.15, 0.2) is 47.7 Å². The molecule has 1 aromatic heterocycles. The third kappa shape index (κ3) is 2.91. The first-order valence-corrected chi connectivity index (χ1v) is 5.32. The van der Waals surface area contributed by atoms with E-state index in [-0.39, 0.29) is 5.82 Å². The van der Waals surface area contributed by atoms with Gasteiger partial charge in [-0.25, -0.2) is 4.39 Å². The van der Waals surface area contributed by atoms with E-state index in [9.17, 15) is 4.39 Å². The van der Waals surface area contributed by atoms with Crippen molar-refractivity contribution >= 4 is 17.9 Å². The van der Waals surface area contributed by atoms with Gasteiger partial charge < -0.3 is 4.98 Å². The lowest BCUT2D eigenvalue weighted by Crippen LogP contribution is -1.86. The number of halogens is 1. The number of benzene rings is 1. The van der Waals surface area contributed by atoms with Crippen molar-refractivity contribution in [3.63, 3.8) is 0 Å². The van der Waals surface area contributed by atoms with Gasteiger partial charge in [0.1, 0.15) is 5.82 Å². The molecule has 17 heavy (non-hydrogen) atoms. The van der Waals surface area contributed by atoms with E-state index >= 15 is 0 Å². The van der Waals surface area contributed by atoms with Crippen molar-refractivity contribution in [2.75, 3.05) is 7.05 Å². The molecule has 0 saturated carbocycles. The van der Waals surface area contributed by atoms with Gasteiger partial charge in [-0.05, 0) is 35.4 Å². The molecule has 0 aliphatic rings. The van der Waals surface area contributed by atoms with E-state index in [4.69, 9.17) is 0 Å². The number of hydrogen-bond donors (Lipinski definition) is 1. The molecule has 0 saturated heterocycles. The zero-order valence-electron chi connectivity index (χ0n) is 9.52. The lowest BCUT2D eigenvalue weighted by atomic mass is 10.0. The molecule has 0 aliphatic carbocycles. The molecule has 0 amide bonds. The summed E-state index contributed by atoms with van der Waals surface area (Å²) in [5.41, 5.74) is 2.95. The van der Waals surface area contributed by atoms with Crippen molar-refractivity contribution in [2.24, 2.45) is 4.99 Å². The van der Waals surface area contributed by atoms with Crippen LogP contribution in [0.3, 0.4) is 0 Å². The fourth-order valence-corrected chi connectivity index (χ4v) is 1.58. The van der Waals surface area contributed by atoms with Gasteiger partial charge in [0, 0.05) is 31.2 Å². The molecule has 1 heterocycles. The number of aromatic nitrogens is 1. The van der Waals surface area contributed by atoms with Gasteiger partial charge in [-0.3, -0.25) is 4.99 Å². The molecule has 0 bridgehead atoms. The second-order valence-corrected chi connectivity index (χ2v) is 3.64. The molecule has 0 unspecified atom stereocenters. The number of rotatable bonds is 3. The Morgan fingerprint density at radius 2 is 2.00 bits per heavy atom. The molecule has 3 heteroatoms. The highest BCUT2D eigenvalue weighted by Gasteiger charge is 2.00. The van der Waals surface area contributed by atoms with Crippen LogP contribution in [-0.4, -0.2) is 18.2 Å². The molecular formula is C14H13FN2. The number of hydrogen-bond acceptors (Lipinski definition) is 1. The maximum atomic E-state index is 12.9. The van der Waals surface area contributed by atoms with Crippen molar-refractivity contribution in [3.8, 4) is 0 Å². The molecule has 0 radical (unpaired) electrons. The van der Waals surface area contributed by atoms with Crippen LogP contribution in [0.25, 0.3) is 11.6 Å². The van der Waals surface area contributed by atoms with E-state index in [0.29, 0.717) is 0 Å². The highest BCUT2D eigenvalue weighted by atomic mass is 19.1. The van der Waals surface area contributed by atoms with Gasteiger partial charge >= 0.3 is 0 Å². The van der Waals surface area contributed by atoms with Gasteiger partial charge in [0.25, 0.3) is 0 Å². The lowest BCUT2D eigenvalue weighted by Gasteiger charge is -2.01. The third-order valence-corrected chi connectivity index (χ3v) is 2.39. The van der Waals surface area contributed by atoms with Crippen molar-refractivity contribution in [1.82, 2.24) is 4.98 Å². The van der Waals surface area contributed by atoms with Crippen LogP contribution in [0.1, 0.15) is 11.1 Å². The van der Waals surface area contributed by atoms with Crippen LogP contribution in [0.5, 0.6) is 0 Å². The number of nitrogens with one attached hydrogen (secondary N) is 1. The van der Waals surface area contributed by atoms with Gasteiger partial charge in [0.05, 0.1) is 0 Å². The van der Waals surface area contributed by atoms with Gasteiger partial charge in [-0.1, -0.05) is 12.1 Å². The van der Waals surface area contributed by atoms with Gasteiger partial charge in [-0.2, -0.15) is 0 Å². The van der Waals surface area contributed by atoms with Crippen LogP contribution in [0.2, 0.25) is 0 Å². The molecule has 1 aromatic carbocycles. The third-order valence-electron chi connectivity index (χ3n) is 2.39. The minimum absolute atomic E-state index is 0.233. The predicted molar refractivity (Wildman–Crippen MR) is 69.5 cm³/mol. The molecule has 2 nitrogen and oxygen atoms in total. The average molecular weight is 228 g/mol. The Labute approximate surface area is 99.5 Å².